The molecule has 0 unspecified atom stereocenters. The van der Waals surface area contributed by atoms with E-state index in [1.165, 1.54) is 10.8 Å². The minimum atomic E-state index is -0.643. The van der Waals surface area contributed by atoms with Crippen molar-refractivity contribution in [3.8, 4) is 0 Å². The van der Waals surface area contributed by atoms with Gasteiger partial charge in [-0.1, -0.05) is 18.0 Å². The number of imidazole rings is 1. The molecule has 2 rings (SSSR count). The van der Waals surface area contributed by atoms with Crippen LogP contribution >= 0.6 is 0 Å². The van der Waals surface area contributed by atoms with Crippen molar-refractivity contribution >= 4 is 35.4 Å². The molecule has 0 saturated heterocycles. The Morgan fingerprint density at radius 1 is 1.10 bits per heavy atom. The summed E-state index contributed by atoms with van der Waals surface area (Å²) in [4.78, 5) is 56.4. The van der Waals surface area contributed by atoms with Gasteiger partial charge < -0.3 is 34.6 Å². The van der Waals surface area contributed by atoms with Gasteiger partial charge in [0.05, 0.1) is 12.3 Å². The molecular weight excluding hydrogens is 534 g/mol. The van der Waals surface area contributed by atoms with Crippen LogP contribution in [0.25, 0.3) is 10.4 Å². The molecule has 224 valence electrons. The number of ether oxygens (including phenoxy) is 2. The number of nitrogens with one attached hydrogen (secondary N) is 3. The third-order valence-corrected chi connectivity index (χ3v) is 5.48. The number of amides is 3. The number of hydrogen-bond donors (Lipinski definition) is 3. The van der Waals surface area contributed by atoms with Crippen LogP contribution in [-0.4, -0.2) is 63.3 Å². The number of carbonyl (C=O) groups is 4. The van der Waals surface area contributed by atoms with Crippen molar-refractivity contribution < 1.29 is 28.7 Å². The topological polar surface area (TPSA) is 194 Å². The molecule has 0 radical (unpaired) electrons. The molecule has 0 atom stereocenters. The molecule has 3 N–H and O–H groups in total. The Labute approximate surface area is 238 Å². The van der Waals surface area contributed by atoms with Crippen molar-refractivity contribution in [3.63, 3.8) is 0 Å². The van der Waals surface area contributed by atoms with E-state index in [9.17, 15) is 19.2 Å². The second-order valence-electron chi connectivity index (χ2n) is 10.1. The molecule has 15 nitrogen and oxygen atoms in total. The third kappa shape index (κ3) is 11.6. The van der Waals surface area contributed by atoms with Gasteiger partial charge in [-0.25, -0.2) is 14.6 Å². The first kappa shape index (κ1) is 32.7. The molecule has 15 heteroatoms. The smallest absolute Gasteiger partial charge is 0.407 e. The molecule has 3 amide bonds. The highest BCUT2D eigenvalue weighted by Crippen LogP contribution is 2.19. The molecule has 2 aromatic rings. The van der Waals surface area contributed by atoms with E-state index in [-0.39, 0.29) is 31.2 Å². The molecular formula is C26H39N9O6. The lowest BCUT2D eigenvalue weighted by Gasteiger charge is -2.19. The first-order valence-electron chi connectivity index (χ1n) is 13.4. The number of unbranched alkanes of at least 4 members (excludes halogenated alkanes) is 3. The first-order chi connectivity index (χ1) is 19.4. The maximum Gasteiger partial charge on any atom is 0.407 e. The van der Waals surface area contributed by atoms with Crippen LogP contribution in [0.2, 0.25) is 0 Å². The van der Waals surface area contributed by atoms with E-state index < -0.39 is 29.5 Å². The van der Waals surface area contributed by atoms with Gasteiger partial charge >= 0.3 is 12.1 Å². The first-order valence-corrected chi connectivity index (χ1v) is 13.4. The zero-order valence-corrected chi connectivity index (χ0v) is 24.2. The van der Waals surface area contributed by atoms with Crippen molar-refractivity contribution in [1.82, 2.24) is 19.4 Å². The van der Waals surface area contributed by atoms with E-state index in [1.54, 1.807) is 51.6 Å². The van der Waals surface area contributed by atoms with E-state index in [1.807, 2.05) is 0 Å². The van der Waals surface area contributed by atoms with E-state index in [0.29, 0.717) is 24.5 Å². The summed E-state index contributed by atoms with van der Waals surface area (Å²) in [6.45, 7) is 8.20. The Morgan fingerprint density at radius 2 is 1.83 bits per heavy atom. The molecule has 0 spiro atoms. The lowest BCUT2D eigenvalue weighted by atomic mass is 10.2. The lowest BCUT2D eigenvalue weighted by Crippen LogP contribution is -2.34. The predicted octanol–water partition coefficient (Wildman–Crippen LogP) is 4.37. The van der Waals surface area contributed by atoms with Gasteiger partial charge in [-0.05, 0) is 52.1 Å². The maximum absolute atomic E-state index is 13.0. The van der Waals surface area contributed by atoms with Crippen molar-refractivity contribution in [3.05, 3.63) is 40.4 Å². The third-order valence-electron chi connectivity index (χ3n) is 5.48. The largest absolute Gasteiger partial charge is 0.461 e. The normalized spacial score (nSPS) is 10.9. The monoisotopic (exact) mass is 573 g/mol. The highest BCUT2D eigenvalue weighted by atomic mass is 16.6. The van der Waals surface area contributed by atoms with E-state index in [2.05, 4.69) is 31.0 Å². The van der Waals surface area contributed by atoms with Gasteiger partial charge in [-0.2, -0.15) is 0 Å². The number of alkyl carbamates (subject to hydrolysis) is 1. The second kappa shape index (κ2) is 15.9. The van der Waals surface area contributed by atoms with Crippen LogP contribution in [0, 0.1) is 0 Å². The maximum atomic E-state index is 13.0. The van der Waals surface area contributed by atoms with Crippen LogP contribution in [0.4, 0.5) is 16.3 Å². The fraction of sp³-hybridized carbons (Fsp3) is 0.577. The Hall–Kier alpha value is -4.52. The van der Waals surface area contributed by atoms with Gasteiger partial charge in [0, 0.05) is 50.4 Å². The Bertz CT molecular complexity index is 1250. The summed E-state index contributed by atoms with van der Waals surface area (Å²) in [7, 11) is 1.61. The van der Waals surface area contributed by atoms with Gasteiger partial charge in [-0.3, -0.25) is 9.59 Å². The number of nitrogens with zero attached hydrogens (tertiary/aromatic N) is 6. The summed E-state index contributed by atoms with van der Waals surface area (Å²) < 4.78 is 13.5. The zero-order valence-electron chi connectivity index (χ0n) is 24.2. The highest BCUT2D eigenvalue weighted by Gasteiger charge is 2.20. The standard InChI is InChI=1S/C26H39N9O6/c1-6-40-24(38)19-15-18(16-35(19)14-10-8-7-9-12-29-33-27)30-23(37)22-32-20(17-34(22)5)31-21(36)11-13-28-25(39)41-26(2,3)4/h15-17H,6-14H2,1-5H3,(H,28,39)(H,30,37)(H,31,36). The average Bonchev–Trinajstić information content (AvgIpc) is 3.45. The van der Waals surface area contributed by atoms with Crippen LogP contribution in [0.5, 0.6) is 0 Å². The van der Waals surface area contributed by atoms with Gasteiger partial charge in [-0.15, -0.1) is 0 Å². The van der Waals surface area contributed by atoms with Crippen LogP contribution < -0.4 is 16.0 Å². The van der Waals surface area contributed by atoms with Crippen molar-refractivity contribution in [2.24, 2.45) is 12.2 Å². The van der Waals surface area contributed by atoms with Gasteiger partial charge in [0.25, 0.3) is 5.91 Å². The Kier molecular flexibility index (Phi) is 12.7. The average molecular weight is 574 g/mol. The van der Waals surface area contributed by atoms with E-state index in [0.717, 1.165) is 25.7 Å². The van der Waals surface area contributed by atoms with Crippen LogP contribution in [0.1, 0.15) is 80.9 Å². The number of aryl methyl sites for hydroxylation is 2. The summed E-state index contributed by atoms with van der Waals surface area (Å²) in [5.41, 5.74) is 8.40. The molecule has 0 bridgehead atoms. The number of esters is 1. The van der Waals surface area contributed by atoms with Crippen molar-refractivity contribution in [1.29, 1.82) is 0 Å². The lowest BCUT2D eigenvalue weighted by molar-refractivity contribution is -0.116. The van der Waals surface area contributed by atoms with Crippen LogP contribution in [0.15, 0.2) is 23.6 Å². The number of rotatable bonds is 15. The zero-order chi connectivity index (χ0) is 30.4. The SMILES string of the molecule is CCOC(=O)c1cc(NC(=O)c2nc(NC(=O)CCNC(=O)OC(C)(C)C)cn2C)cn1CCCCCCN=[N+]=[N-]. The number of hydrogen-bond acceptors (Lipinski definition) is 8. The number of aromatic nitrogens is 3. The van der Waals surface area contributed by atoms with Gasteiger partial charge in [0.1, 0.15) is 11.3 Å². The molecule has 0 aromatic carbocycles. The molecule has 0 aliphatic heterocycles. The summed E-state index contributed by atoms with van der Waals surface area (Å²) in [5, 5.41) is 11.4. The minimum Gasteiger partial charge on any atom is -0.461 e. The van der Waals surface area contributed by atoms with E-state index >= 15 is 0 Å². The molecule has 0 fully saturated rings. The second-order valence-corrected chi connectivity index (χ2v) is 10.1. The van der Waals surface area contributed by atoms with Gasteiger partial charge in [0.2, 0.25) is 11.7 Å². The number of anilines is 2. The minimum absolute atomic E-state index is 0.0185. The van der Waals surface area contributed by atoms with Crippen molar-refractivity contribution in [2.75, 3.05) is 30.3 Å². The number of carbonyl (C=O) groups excluding carboxylic acids is 4. The van der Waals surface area contributed by atoms with Crippen LogP contribution in [-0.2, 0) is 27.9 Å². The van der Waals surface area contributed by atoms with Crippen LogP contribution in [0.3, 0.4) is 0 Å². The summed E-state index contributed by atoms with van der Waals surface area (Å²) in [6, 6.07) is 1.54. The Morgan fingerprint density at radius 3 is 2.51 bits per heavy atom. The molecule has 0 aliphatic rings. The van der Waals surface area contributed by atoms with Crippen molar-refractivity contribution in [2.45, 2.75) is 71.9 Å². The summed E-state index contributed by atoms with van der Waals surface area (Å²) in [6.07, 6.45) is 5.84. The molecule has 2 heterocycles. The molecule has 0 saturated carbocycles. The number of azide groups is 1. The van der Waals surface area contributed by atoms with Gasteiger partial charge in [0.15, 0.2) is 5.82 Å². The van der Waals surface area contributed by atoms with E-state index in [4.69, 9.17) is 15.0 Å². The fourth-order valence-corrected chi connectivity index (χ4v) is 3.72. The summed E-state index contributed by atoms with van der Waals surface area (Å²) in [5.74, 6) is -1.23. The Balaban J connectivity index is 1.97. The summed E-state index contributed by atoms with van der Waals surface area (Å²) >= 11 is 0. The molecule has 2 aromatic heterocycles. The predicted molar refractivity (Wildman–Crippen MR) is 152 cm³/mol. The highest BCUT2D eigenvalue weighted by molar-refractivity contribution is 6.03. The molecule has 0 aliphatic carbocycles. The quantitative estimate of drug-likeness (QED) is 0.0924. The molecule has 41 heavy (non-hydrogen) atoms. The fourth-order valence-electron chi connectivity index (χ4n) is 3.72.